The number of benzene rings is 2. The molecule has 0 saturated heterocycles. The van der Waals surface area contributed by atoms with Crippen molar-refractivity contribution >= 4 is 34.8 Å². The summed E-state index contributed by atoms with van der Waals surface area (Å²) in [5, 5.41) is 6.45. The van der Waals surface area contributed by atoms with Gasteiger partial charge in [-0.2, -0.15) is 0 Å². The highest BCUT2D eigenvalue weighted by Gasteiger charge is 2.15. The van der Waals surface area contributed by atoms with E-state index in [4.69, 9.17) is 21.1 Å². The Bertz CT molecular complexity index is 946. The van der Waals surface area contributed by atoms with E-state index in [1.807, 2.05) is 12.1 Å². The van der Waals surface area contributed by atoms with Crippen LogP contribution in [-0.2, 0) is 0 Å². The van der Waals surface area contributed by atoms with Crippen molar-refractivity contribution in [3.05, 3.63) is 65.4 Å². The number of nitrogens with zero attached hydrogens (tertiary/aromatic N) is 2. The molecule has 8 heteroatoms. The van der Waals surface area contributed by atoms with Gasteiger partial charge >= 0.3 is 0 Å². The molecular weight excluding hydrogens is 356 g/mol. The van der Waals surface area contributed by atoms with E-state index >= 15 is 0 Å². The molecule has 1 amide bonds. The number of carbonyl (C=O) groups is 1. The quantitative estimate of drug-likeness (QED) is 0.727. The minimum absolute atomic E-state index is 0.183. The minimum atomic E-state index is -0.318. The number of nitrogens with one attached hydrogen (secondary N) is 2. The lowest BCUT2D eigenvalue weighted by Crippen LogP contribution is -2.13. The van der Waals surface area contributed by atoms with E-state index in [1.165, 1.54) is 12.4 Å². The lowest BCUT2D eigenvalue weighted by Gasteiger charge is -2.07. The van der Waals surface area contributed by atoms with Gasteiger partial charge < -0.3 is 20.1 Å². The predicted octanol–water partition coefficient (Wildman–Crippen LogP) is 3.85. The molecule has 4 rings (SSSR count). The molecule has 26 heavy (non-hydrogen) atoms. The highest BCUT2D eigenvalue weighted by molar-refractivity contribution is 6.30. The van der Waals surface area contributed by atoms with Gasteiger partial charge in [0.2, 0.25) is 12.7 Å². The summed E-state index contributed by atoms with van der Waals surface area (Å²) in [4.78, 5) is 20.6. The topological polar surface area (TPSA) is 85.4 Å². The number of carbonyl (C=O) groups excluding carboxylic acids is 1. The molecule has 0 aliphatic carbocycles. The first-order chi connectivity index (χ1) is 12.7. The molecule has 2 heterocycles. The van der Waals surface area contributed by atoms with E-state index in [9.17, 15) is 4.79 Å². The minimum Gasteiger partial charge on any atom is -0.454 e. The van der Waals surface area contributed by atoms with E-state index < -0.39 is 0 Å². The van der Waals surface area contributed by atoms with Crippen LogP contribution in [0.15, 0.2) is 54.9 Å². The standard InChI is InChI=1S/C18H13ClN4O3/c19-12-1-3-13(4-2-12)23-18-20-8-11(9-21-18)17(24)22-14-5-6-15-16(7-14)26-10-25-15/h1-9H,10H2,(H,22,24)(H,20,21,23). The third-order valence-electron chi connectivity index (χ3n) is 3.64. The van der Waals surface area contributed by atoms with Crippen LogP contribution in [-0.4, -0.2) is 22.7 Å². The van der Waals surface area contributed by atoms with Gasteiger partial charge in [0.25, 0.3) is 5.91 Å². The molecule has 1 aliphatic rings. The number of anilines is 3. The molecule has 2 aromatic carbocycles. The van der Waals surface area contributed by atoms with Crippen LogP contribution in [0, 0.1) is 0 Å². The maximum Gasteiger partial charge on any atom is 0.258 e. The molecule has 2 N–H and O–H groups in total. The predicted molar refractivity (Wildman–Crippen MR) is 97.3 cm³/mol. The largest absolute Gasteiger partial charge is 0.454 e. The zero-order chi connectivity index (χ0) is 17.9. The van der Waals surface area contributed by atoms with Crippen LogP contribution < -0.4 is 20.1 Å². The number of rotatable bonds is 4. The summed E-state index contributed by atoms with van der Waals surface area (Å²) in [6, 6.07) is 12.3. The smallest absolute Gasteiger partial charge is 0.258 e. The average Bonchev–Trinajstić information content (AvgIpc) is 3.12. The fraction of sp³-hybridized carbons (Fsp3) is 0.0556. The number of aromatic nitrogens is 2. The SMILES string of the molecule is O=C(Nc1ccc2c(c1)OCO2)c1cnc(Nc2ccc(Cl)cc2)nc1. The van der Waals surface area contributed by atoms with Crippen LogP contribution in [0.25, 0.3) is 0 Å². The first-order valence-corrected chi connectivity index (χ1v) is 8.11. The van der Waals surface area contributed by atoms with Crippen molar-refractivity contribution in [2.45, 2.75) is 0 Å². The summed E-state index contributed by atoms with van der Waals surface area (Å²) < 4.78 is 10.5. The van der Waals surface area contributed by atoms with E-state index in [1.54, 1.807) is 30.3 Å². The van der Waals surface area contributed by atoms with Gasteiger partial charge in [0.1, 0.15) is 0 Å². The van der Waals surface area contributed by atoms with Gasteiger partial charge in [-0.1, -0.05) is 11.6 Å². The summed E-state index contributed by atoms with van der Waals surface area (Å²) in [5.74, 6) is 1.32. The van der Waals surface area contributed by atoms with E-state index in [-0.39, 0.29) is 12.7 Å². The number of halogens is 1. The Balaban J connectivity index is 1.42. The van der Waals surface area contributed by atoms with Crippen molar-refractivity contribution in [1.29, 1.82) is 0 Å². The summed E-state index contributed by atoms with van der Waals surface area (Å²) >= 11 is 5.85. The van der Waals surface area contributed by atoms with Gasteiger partial charge in [-0.25, -0.2) is 9.97 Å². The maximum atomic E-state index is 12.3. The second-order valence-corrected chi connectivity index (χ2v) is 5.89. The molecule has 1 aromatic heterocycles. The Morgan fingerprint density at radius 1 is 0.962 bits per heavy atom. The second kappa shape index (κ2) is 6.89. The summed E-state index contributed by atoms with van der Waals surface area (Å²) in [7, 11) is 0. The van der Waals surface area contributed by atoms with Crippen molar-refractivity contribution in [3.8, 4) is 11.5 Å². The molecule has 3 aromatic rings. The van der Waals surface area contributed by atoms with Crippen molar-refractivity contribution in [3.63, 3.8) is 0 Å². The van der Waals surface area contributed by atoms with Gasteiger partial charge in [-0.3, -0.25) is 4.79 Å². The Morgan fingerprint density at radius 3 is 2.42 bits per heavy atom. The Morgan fingerprint density at radius 2 is 1.65 bits per heavy atom. The maximum absolute atomic E-state index is 12.3. The Hall–Kier alpha value is -3.32. The lowest BCUT2D eigenvalue weighted by atomic mass is 10.2. The van der Waals surface area contributed by atoms with Crippen molar-refractivity contribution in [2.24, 2.45) is 0 Å². The first kappa shape index (κ1) is 16.2. The average molecular weight is 369 g/mol. The van der Waals surface area contributed by atoms with Crippen molar-refractivity contribution < 1.29 is 14.3 Å². The normalized spacial score (nSPS) is 11.9. The number of amides is 1. The number of ether oxygens (including phenoxy) is 2. The molecule has 0 bridgehead atoms. The Kier molecular flexibility index (Phi) is 4.28. The van der Waals surface area contributed by atoms with Gasteiger partial charge in [-0.05, 0) is 36.4 Å². The molecule has 1 aliphatic heterocycles. The fourth-order valence-corrected chi connectivity index (χ4v) is 2.48. The van der Waals surface area contributed by atoms with Gasteiger partial charge in [0.05, 0.1) is 5.56 Å². The van der Waals surface area contributed by atoms with Crippen LogP contribution in [0.5, 0.6) is 11.5 Å². The molecule has 0 saturated carbocycles. The van der Waals surface area contributed by atoms with Crippen LogP contribution in [0.4, 0.5) is 17.3 Å². The van der Waals surface area contributed by atoms with Crippen LogP contribution in [0.1, 0.15) is 10.4 Å². The number of hydrogen-bond acceptors (Lipinski definition) is 6. The fourth-order valence-electron chi connectivity index (χ4n) is 2.35. The number of fused-ring (bicyclic) bond motifs is 1. The zero-order valence-corrected chi connectivity index (χ0v) is 14.2. The number of hydrogen-bond donors (Lipinski definition) is 2. The van der Waals surface area contributed by atoms with Crippen molar-refractivity contribution in [1.82, 2.24) is 9.97 Å². The van der Waals surface area contributed by atoms with E-state index in [2.05, 4.69) is 20.6 Å². The highest BCUT2D eigenvalue weighted by atomic mass is 35.5. The molecule has 0 radical (unpaired) electrons. The lowest BCUT2D eigenvalue weighted by molar-refractivity contribution is 0.102. The Labute approximate surface area is 154 Å². The third kappa shape index (κ3) is 3.52. The van der Waals surface area contributed by atoms with Gasteiger partial charge in [0.15, 0.2) is 11.5 Å². The van der Waals surface area contributed by atoms with E-state index in [0.717, 1.165) is 5.69 Å². The summed E-state index contributed by atoms with van der Waals surface area (Å²) in [6.45, 7) is 0.183. The monoisotopic (exact) mass is 368 g/mol. The summed E-state index contributed by atoms with van der Waals surface area (Å²) in [6.07, 6.45) is 2.90. The van der Waals surface area contributed by atoms with Crippen LogP contribution in [0.3, 0.4) is 0 Å². The molecular formula is C18H13ClN4O3. The molecule has 7 nitrogen and oxygen atoms in total. The zero-order valence-electron chi connectivity index (χ0n) is 13.4. The van der Waals surface area contributed by atoms with Crippen LogP contribution >= 0.6 is 11.6 Å². The summed E-state index contributed by atoms with van der Waals surface area (Å²) in [5.41, 5.74) is 1.74. The van der Waals surface area contributed by atoms with Gasteiger partial charge in [0, 0.05) is 34.9 Å². The second-order valence-electron chi connectivity index (χ2n) is 5.45. The molecule has 130 valence electrons. The molecule has 0 unspecified atom stereocenters. The molecule has 0 fully saturated rings. The molecule has 0 spiro atoms. The first-order valence-electron chi connectivity index (χ1n) is 7.73. The van der Waals surface area contributed by atoms with Crippen molar-refractivity contribution in [2.75, 3.05) is 17.4 Å². The third-order valence-corrected chi connectivity index (χ3v) is 3.90. The van der Waals surface area contributed by atoms with E-state index in [0.29, 0.717) is 33.7 Å². The molecule has 0 atom stereocenters. The van der Waals surface area contributed by atoms with Gasteiger partial charge in [-0.15, -0.1) is 0 Å². The highest BCUT2D eigenvalue weighted by Crippen LogP contribution is 2.34. The van der Waals surface area contributed by atoms with Crippen LogP contribution in [0.2, 0.25) is 5.02 Å².